The number of aromatic nitrogens is 3. The minimum absolute atomic E-state index is 0.973. The van der Waals surface area contributed by atoms with E-state index in [2.05, 4.69) is 82.9 Å². The summed E-state index contributed by atoms with van der Waals surface area (Å²) < 4.78 is 4.32. The smallest absolute Gasteiger partial charge is 0.145 e. The lowest BCUT2D eigenvalue weighted by molar-refractivity contribution is 1.07. The molecule has 5 rings (SSSR count). The number of benzene rings is 2. The van der Waals surface area contributed by atoms with Crippen LogP contribution < -0.4 is 0 Å². The minimum atomic E-state index is 0.973. The number of rotatable bonds is 2. The Kier molecular flexibility index (Phi) is 3.01. The molecular weight excluding hydrogens is 306 g/mol. The number of hydrogen-bond donors (Lipinski definition) is 0. The molecule has 0 saturated carbocycles. The second-order valence-corrected chi connectivity index (χ2v) is 6.33. The zero-order chi connectivity index (χ0) is 16.8. The lowest BCUT2D eigenvalue weighted by Gasteiger charge is -2.13. The maximum absolute atomic E-state index is 4.70. The Bertz CT molecular complexity index is 1200. The van der Waals surface area contributed by atoms with Crippen LogP contribution in [0.4, 0.5) is 0 Å². The first kappa shape index (κ1) is 14.1. The summed E-state index contributed by atoms with van der Waals surface area (Å²) in [6.45, 7) is 2.15. The molecule has 0 N–H and O–H groups in total. The van der Waals surface area contributed by atoms with E-state index in [0.717, 1.165) is 11.5 Å². The first-order chi connectivity index (χ1) is 12.3. The molecule has 2 aromatic carbocycles. The molecule has 3 nitrogen and oxygen atoms in total. The van der Waals surface area contributed by atoms with Crippen molar-refractivity contribution < 1.29 is 0 Å². The van der Waals surface area contributed by atoms with Crippen molar-refractivity contribution in [2.24, 2.45) is 0 Å². The zero-order valence-electron chi connectivity index (χ0n) is 13.9. The van der Waals surface area contributed by atoms with Crippen LogP contribution in [0.3, 0.4) is 0 Å². The van der Waals surface area contributed by atoms with Crippen LogP contribution >= 0.6 is 0 Å². The fourth-order valence-electron chi connectivity index (χ4n) is 3.54. The molecule has 0 bridgehead atoms. The van der Waals surface area contributed by atoms with Crippen LogP contribution in [0.2, 0.25) is 0 Å². The van der Waals surface area contributed by atoms with Gasteiger partial charge in [0.05, 0.1) is 0 Å². The Morgan fingerprint density at radius 1 is 0.880 bits per heavy atom. The van der Waals surface area contributed by atoms with E-state index in [1.54, 1.807) is 0 Å². The highest BCUT2D eigenvalue weighted by atomic mass is 15.1. The summed E-state index contributed by atoms with van der Waals surface area (Å²) in [6.07, 6.45) is 8.19. The maximum atomic E-state index is 4.70. The SMILES string of the molecule is Cc1ccc2cc3cccn3cc2c1-c1nccn1-c1ccccc1. The van der Waals surface area contributed by atoms with E-state index >= 15 is 0 Å². The lowest BCUT2D eigenvalue weighted by Crippen LogP contribution is -1.99. The molecule has 0 aliphatic rings. The molecule has 0 unspecified atom stereocenters. The van der Waals surface area contributed by atoms with Gasteiger partial charge in [-0.1, -0.05) is 30.3 Å². The maximum Gasteiger partial charge on any atom is 0.145 e. The summed E-state index contributed by atoms with van der Waals surface area (Å²) in [5.74, 6) is 0.973. The van der Waals surface area contributed by atoms with Crippen molar-refractivity contribution in [1.29, 1.82) is 0 Å². The van der Waals surface area contributed by atoms with Gasteiger partial charge in [-0.3, -0.25) is 4.57 Å². The van der Waals surface area contributed by atoms with Gasteiger partial charge in [-0.2, -0.15) is 0 Å². The largest absolute Gasteiger partial charge is 0.323 e. The molecule has 3 heteroatoms. The summed E-state index contributed by atoms with van der Waals surface area (Å²) in [7, 11) is 0. The molecular formula is C22H17N3. The third kappa shape index (κ3) is 2.17. The number of aryl methyl sites for hydroxylation is 1. The van der Waals surface area contributed by atoms with Crippen LogP contribution in [0.25, 0.3) is 33.4 Å². The topological polar surface area (TPSA) is 22.2 Å². The van der Waals surface area contributed by atoms with Crippen LogP contribution in [0.1, 0.15) is 5.56 Å². The van der Waals surface area contributed by atoms with Gasteiger partial charge in [0.2, 0.25) is 0 Å². The summed E-state index contributed by atoms with van der Waals surface area (Å²) in [5, 5.41) is 2.45. The quantitative estimate of drug-likeness (QED) is 0.435. The Balaban J connectivity index is 1.84. The van der Waals surface area contributed by atoms with Crippen LogP contribution in [0, 0.1) is 6.92 Å². The third-order valence-electron chi connectivity index (χ3n) is 4.77. The van der Waals surface area contributed by atoms with Crippen LogP contribution in [0.5, 0.6) is 0 Å². The fraction of sp³-hybridized carbons (Fsp3) is 0.0455. The first-order valence-electron chi connectivity index (χ1n) is 8.40. The number of pyridine rings is 1. The summed E-state index contributed by atoms with van der Waals surface area (Å²) >= 11 is 0. The third-order valence-corrected chi connectivity index (χ3v) is 4.77. The number of hydrogen-bond acceptors (Lipinski definition) is 1. The molecule has 0 saturated heterocycles. The van der Waals surface area contributed by atoms with Gasteiger partial charge in [0, 0.05) is 46.9 Å². The molecule has 5 aromatic rings. The van der Waals surface area contributed by atoms with Crippen molar-refractivity contribution in [3.8, 4) is 17.1 Å². The standard InChI is InChI=1S/C22H17N3/c1-16-9-10-17-14-19-8-5-12-24(19)15-20(17)21(16)22-23-11-13-25(22)18-6-3-2-4-7-18/h2-15H,1H3. The van der Waals surface area contributed by atoms with Crippen molar-refractivity contribution in [3.63, 3.8) is 0 Å². The average molecular weight is 323 g/mol. The van der Waals surface area contributed by atoms with Gasteiger partial charge in [0.1, 0.15) is 5.82 Å². The van der Waals surface area contributed by atoms with Crippen molar-refractivity contribution in [1.82, 2.24) is 14.0 Å². The van der Waals surface area contributed by atoms with Crippen LogP contribution in [-0.2, 0) is 0 Å². The second-order valence-electron chi connectivity index (χ2n) is 6.33. The molecule has 120 valence electrons. The normalized spacial score (nSPS) is 11.4. The zero-order valence-corrected chi connectivity index (χ0v) is 13.9. The highest BCUT2D eigenvalue weighted by molar-refractivity contribution is 5.98. The highest BCUT2D eigenvalue weighted by Crippen LogP contribution is 2.33. The Morgan fingerprint density at radius 2 is 1.76 bits per heavy atom. The number of fused-ring (bicyclic) bond motifs is 2. The number of nitrogens with zero attached hydrogens (tertiary/aromatic N) is 3. The van der Waals surface area contributed by atoms with Gasteiger partial charge in [0.25, 0.3) is 0 Å². The van der Waals surface area contributed by atoms with E-state index in [0.29, 0.717) is 0 Å². The molecule has 25 heavy (non-hydrogen) atoms. The molecule has 0 atom stereocenters. The molecule has 0 spiro atoms. The Morgan fingerprint density at radius 3 is 2.64 bits per heavy atom. The Hall–Kier alpha value is -3.33. The first-order valence-corrected chi connectivity index (χ1v) is 8.40. The molecule has 3 heterocycles. The van der Waals surface area contributed by atoms with E-state index < -0.39 is 0 Å². The van der Waals surface area contributed by atoms with E-state index in [4.69, 9.17) is 4.98 Å². The van der Waals surface area contributed by atoms with Crippen molar-refractivity contribution in [2.45, 2.75) is 6.92 Å². The Labute approximate surface area is 145 Å². The van der Waals surface area contributed by atoms with Crippen LogP contribution in [0.15, 0.2) is 85.5 Å². The van der Waals surface area contributed by atoms with E-state index in [9.17, 15) is 0 Å². The van der Waals surface area contributed by atoms with Gasteiger partial charge in [0.15, 0.2) is 0 Å². The number of para-hydroxylation sites is 1. The molecule has 0 amide bonds. The fourth-order valence-corrected chi connectivity index (χ4v) is 3.54. The lowest BCUT2D eigenvalue weighted by atomic mass is 10.00. The summed E-state index contributed by atoms with van der Waals surface area (Å²) in [5.41, 5.74) is 4.73. The van der Waals surface area contributed by atoms with Crippen molar-refractivity contribution in [3.05, 3.63) is 91.0 Å². The molecule has 0 radical (unpaired) electrons. The average Bonchev–Trinajstić information content (AvgIpc) is 3.29. The molecule has 0 aliphatic carbocycles. The van der Waals surface area contributed by atoms with Gasteiger partial charge in [-0.05, 0) is 48.2 Å². The summed E-state index contributed by atoms with van der Waals surface area (Å²) in [6, 6.07) is 21.2. The molecule has 0 aliphatic heterocycles. The minimum Gasteiger partial charge on any atom is -0.323 e. The predicted molar refractivity (Wildman–Crippen MR) is 102 cm³/mol. The van der Waals surface area contributed by atoms with Crippen molar-refractivity contribution in [2.75, 3.05) is 0 Å². The van der Waals surface area contributed by atoms with Gasteiger partial charge in [-0.15, -0.1) is 0 Å². The summed E-state index contributed by atoms with van der Waals surface area (Å²) in [4.78, 5) is 4.70. The highest BCUT2D eigenvalue weighted by Gasteiger charge is 2.14. The van der Waals surface area contributed by atoms with E-state index in [1.165, 1.54) is 27.4 Å². The van der Waals surface area contributed by atoms with Crippen LogP contribution in [-0.4, -0.2) is 14.0 Å². The van der Waals surface area contributed by atoms with Gasteiger partial charge >= 0.3 is 0 Å². The molecule has 3 aromatic heterocycles. The second kappa shape index (κ2) is 5.35. The monoisotopic (exact) mass is 323 g/mol. The molecule has 0 fully saturated rings. The predicted octanol–water partition coefficient (Wildman–Crippen LogP) is 5.25. The van der Waals surface area contributed by atoms with Crippen molar-refractivity contribution >= 4 is 16.3 Å². The number of imidazole rings is 1. The van der Waals surface area contributed by atoms with E-state index in [1.807, 2.05) is 18.5 Å². The van der Waals surface area contributed by atoms with Gasteiger partial charge < -0.3 is 4.40 Å². The van der Waals surface area contributed by atoms with E-state index in [-0.39, 0.29) is 0 Å². The van der Waals surface area contributed by atoms with Gasteiger partial charge in [-0.25, -0.2) is 4.98 Å².